The number of hydrogen-bond donors (Lipinski definition) is 2. The van der Waals surface area contributed by atoms with Crippen LogP contribution >= 0.6 is 0 Å². The highest BCUT2D eigenvalue weighted by Gasteiger charge is 2.24. The smallest absolute Gasteiger partial charge is 0.252 e. The Morgan fingerprint density at radius 3 is 2.62 bits per heavy atom. The van der Waals surface area contributed by atoms with Gasteiger partial charge in [-0.3, -0.25) is 9.59 Å². The second kappa shape index (κ2) is 8.19. The largest absolute Gasteiger partial charge is 0.497 e. The molecule has 0 fully saturated rings. The zero-order valence-corrected chi connectivity index (χ0v) is 14.0. The molecule has 6 heteroatoms. The highest BCUT2D eigenvalue weighted by atomic mass is 16.5. The van der Waals surface area contributed by atoms with Gasteiger partial charge in [-0.1, -0.05) is 19.9 Å². The molecule has 0 aliphatic heterocycles. The first-order chi connectivity index (χ1) is 11.5. The maximum atomic E-state index is 12.4. The van der Waals surface area contributed by atoms with Crippen LogP contribution in [0.1, 0.15) is 30.0 Å². The van der Waals surface area contributed by atoms with E-state index in [2.05, 4.69) is 10.6 Å². The highest BCUT2D eigenvalue weighted by Crippen LogP contribution is 2.13. The molecule has 1 aromatic carbocycles. The van der Waals surface area contributed by atoms with E-state index in [0.29, 0.717) is 17.1 Å². The first-order valence-electron chi connectivity index (χ1n) is 7.76. The number of ether oxygens (including phenoxy) is 1. The third kappa shape index (κ3) is 4.62. The Kier molecular flexibility index (Phi) is 6.01. The van der Waals surface area contributed by atoms with Crippen LogP contribution in [0.2, 0.25) is 0 Å². The van der Waals surface area contributed by atoms with Gasteiger partial charge in [-0.15, -0.1) is 0 Å². The molecule has 2 rings (SSSR count). The van der Waals surface area contributed by atoms with Gasteiger partial charge in [0.05, 0.1) is 19.9 Å². The van der Waals surface area contributed by atoms with Gasteiger partial charge in [0.2, 0.25) is 5.91 Å². The number of furan rings is 1. The summed E-state index contributed by atoms with van der Waals surface area (Å²) < 4.78 is 10.3. The molecule has 2 aromatic rings. The minimum absolute atomic E-state index is 0.0591. The molecule has 0 saturated carbocycles. The standard InChI is InChI=1S/C18H22N2O4/c1-12(2)16(18(22)19-11-15-8-5-9-24-15)20-17(21)13-6-4-7-14(10-13)23-3/h4-10,12,16H,11H2,1-3H3,(H,19,22)(H,20,21)/t16-/m1/s1. The van der Waals surface area contributed by atoms with Crippen molar-refractivity contribution in [3.05, 3.63) is 54.0 Å². The number of nitrogens with one attached hydrogen (secondary N) is 2. The Bertz CT molecular complexity index is 680. The van der Waals surface area contributed by atoms with Crippen LogP contribution in [0.5, 0.6) is 5.75 Å². The summed E-state index contributed by atoms with van der Waals surface area (Å²) >= 11 is 0. The van der Waals surface area contributed by atoms with Gasteiger partial charge >= 0.3 is 0 Å². The molecule has 0 bridgehead atoms. The zero-order valence-electron chi connectivity index (χ0n) is 14.0. The monoisotopic (exact) mass is 330 g/mol. The molecule has 0 spiro atoms. The van der Waals surface area contributed by atoms with Gasteiger partial charge in [0, 0.05) is 5.56 Å². The summed E-state index contributed by atoms with van der Waals surface area (Å²) in [5.41, 5.74) is 0.443. The molecule has 2 N–H and O–H groups in total. The van der Waals surface area contributed by atoms with Crippen molar-refractivity contribution in [2.45, 2.75) is 26.4 Å². The molecule has 1 heterocycles. The number of carbonyl (C=O) groups is 2. The Hall–Kier alpha value is -2.76. The SMILES string of the molecule is COc1cccc(C(=O)N[C@@H](C(=O)NCc2ccco2)C(C)C)c1. The Balaban J connectivity index is 2.01. The van der Waals surface area contributed by atoms with Crippen molar-refractivity contribution in [3.8, 4) is 5.75 Å². The minimum atomic E-state index is -0.640. The van der Waals surface area contributed by atoms with Crippen molar-refractivity contribution >= 4 is 11.8 Å². The molecule has 1 atom stereocenters. The number of amides is 2. The zero-order chi connectivity index (χ0) is 17.5. The van der Waals surface area contributed by atoms with Crippen LogP contribution in [-0.2, 0) is 11.3 Å². The number of hydrogen-bond acceptors (Lipinski definition) is 4. The molecule has 0 aliphatic carbocycles. The van der Waals surface area contributed by atoms with Crippen LogP contribution in [-0.4, -0.2) is 25.0 Å². The van der Waals surface area contributed by atoms with Gasteiger partial charge in [0.15, 0.2) is 0 Å². The topological polar surface area (TPSA) is 80.6 Å². The maximum Gasteiger partial charge on any atom is 0.252 e. The number of rotatable bonds is 7. The van der Waals surface area contributed by atoms with E-state index in [-0.39, 0.29) is 24.3 Å². The molecule has 6 nitrogen and oxygen atoms in total. The van der Waals surface area contributed by atoms with Crippen molar-refractivity contribution in [3.63, 3.8) is 0 Å². The first kappa shape index (κ1) is 17.6. The van der Waals surface area contributed by atoms with E-state index < -0.39 is 6.04 Å². The summed E-state index contributed by atoms with van der Waals surface area (Å²) in [6, 6.07) is 9.69. The van der Waals surface area contributed by atoms with E-state index in [1.54, 1.807) is 42.7 Å². The second-order valence-corrected chi connectivity index (χ2v) is 5.72. The van der Waals surface area contributed by atoms with E-state index in [4.69, 9.17) is 9.15 Å². The molecule has 2 amide bonds. The molecule has 0 saturated heterocycles. The van der Waals surface area contributed by atoms with Crippen molar-refractivity contribution in [2.24, 2.45) is 5.92 Å². The molecule has 128 valence electrons. The summed E-state index contributed by atoms with van der Waals surface area (Å²) in [6.07, 6.45) is 1.55. The predicted molar refractivity (Wildman–Crippen MR) is 89.6 cm³/mol. The van der Waals surface area contributed by atoms with Gasteiger partial charge in [-0.2, -0.15) is 0 Å². The third-order valence-electron chi connectivity index (χ3n) is 3.58. The van der Waals surface area contributed by atoms with Crippen LogP contribution in [0.3, 0.4) is 0 Å². The molecule has 24 heavy (non-hydrogen) atoms. The van der Waals surface area contributed by atoms with Crippen molar-refractivity contribution in [2.75, 3.05) is 7.11 Å². The van der Waals surface area contributed by atoms with Gasteiger partial charge in [-0.05, 0) is 36.2 Å². The Labute approximate surface area is 141 Å². The highest BCUT2D eigenvalue weighted by molar-refractivity contribution is 5.97. The summed E-state index contributed by atoms with van der Waals surface area (Å²) in [5, 5.41) is 5.55. The van der Waals surface area contributed by atoms with E-state index in [1.807, 2.05) is 13.8 Å². The van der Waals surface area contributed by atoms with Crippen molar-refractivity contribution in [1.82, 2.24) is 10.6 Å². The van der Waals surface area contributed by atoms with Crippen LogP contribution in [0.25, 0.3) is 0 Å². The van der Waals surface area contributed by atoms with Crippen molar-refractivity contribution < 1.29 is 18.7 Å². The van der Waals surface area contributed by atoms with Gasteiger partial charge in [-0.25, -0.2) is 0 Å². The van der Waals surface area contributed by atoms with E-state index in [9.17, 15) is 9.59 Å². The maximum absolute atomic E-state index is 12.4. The molecule has 0 aliphatic rings. The van der Waals surface area contributed by atoms with E-state index >= 15 is 0 Å². The predicted octanol–water partition coefficient (Wildman–Crippen LogP) is 2.36. The Morgan fingerprint density at radius 1 is 1.21 bits per heavy atom. The summed E-state index contributed by atoms with van der Waals surface area (Å²) in [5.74, 6) is 0.616. The van der Waals surface area contributed by atoms with Crippen LogP contribution in [0, 0.1) is 5.92 Å². The third-order valence-corrected chi connectivity index (χ3v) is 3.58. The fourth-order valence-electron chi connectivity index (χ4n) is 2.22. The van der Waals surface area contributed by atoms with Crippen LogP contribution in [0.15, 0.2) is 47.1 Å². The van der Waals surface area contributed by atoms with Gasteiger partial charge < -0.3 is 19.8 Å². The molecular formula is C18H22N2O4. The average molecular weight is 330 g/mol. The normalized spacial score (nSPS) is 11.8. The van der Waals surface area contributed by atoms with E-state index in [1.165, 1.54) is 7.11 Å². The minimum Gasteiger partial charge on any atom is -0.497 e. The van der Waals surface area contributed by atoms with Crippen molar-refractivity contribution in [1.29, 1.82) is 0 Å². The lowest BCUT2D eigenvalue weighted by atomic mass is 10.0. The molecule has 0 unspecified atom stereocenters. The van der Waals surface area contributed by atoms with E-state index in [0.717, 1.165) is 0 Å². The van der Waals surface area contributed by atoms with Gasteiger partial charge in [0.25, 0.3) is 5.91 Å². The lowest BCUT2D eigenvalue weighted by molar-refractivity contribution is -0.124. The number of methoxy groups -OCH3 is 1. The molecule has 0 radical (unpaired) electrons. The van der Waals surface area contributed by atoms with Gasteiger partial charge in [0.1, 0.15) is 17.6 Å². The first-order valence-corrected chi connectivity index (χ1v) is 7.76. The number of carbonyl (C=O) groups excluding carboxylic acids is 2. The summed E-state index contributed by atoms with van der Waals surface area (Å²) in [7, 11) is 1.54. The molecule has 1 aromatic heterocycles. The summed E-state index contributed by atoms with van der Waals surface area (Å²) in [6.45, 7) is 4.04. The fourth-order valence-corrected chi connectivity index (χ4v) is 2.22. The fraction of sp³-hybridized carbons (Fsp3) is 0.333. The average Bonchev–Trinajstić information content (AvgIpc) is 3.10. The second-order valence-electron chi connectivity index (χ2n) is 5.72. The quantitative estimate of drug-likeness (QED) is 0.817. The summed E-state index contributed by atoms with van der Waals surface area (Å²) in [4.78, 5) is 24.8. The lowest BCUT2D eigenvalue weighted by Gasteiger charge is -2.21. The van der Waals surface area contributed by atoms with Crippen LogP contribution < -0.4 is 15.4 Å². The molecular weight excluding hydrogens is 308 g/mol. The van der Waals surface area contributed by atoms with Crippen LogP contribution in [0.4, 0.5) is 0 Å². The Morgan fingerprint density at radius 2 is 2.00 bits per heavy atom. The number of benzene rings is 1. The lowest BCUT2D eigenvalue weighted by Crippen LogP contribution is -2.49.